The van der Waals surface area contributed by atoms with Gasteiger partial charge in [-0.1, -0.05) is 30.3 Å². The molecule has 1 fully saturated rings. The summed E-state index contributed by atoms with van der Waals surface area (Å²) in [5.41, 5.74) is 9.79. The number of benzene rings is 3. The van der Waals surface area contributed by atoms with Gasteiger partial charge < -0.3 is 15.5 Å². The fraction of sp³-hybridized carbons (Fsp3) is 0.286. The maximum absolute atomic E-state index is 11.4. The van der Waals surface area contributed by atoms with Gasteiger partial charge in [-0.15, -0.1) is 0 Å². The quantitative estimate of drug-likeness (QED) is 0.392. The van der Waals surface area contributed by atoms with Crippen LogP contribution in [0.4, 0.5) is 0 Å². The summed E-state index contributed by atoms with van der Waals surface area (Å²) in [6, 6.07) is 23.9. The fourth-order valence-corrected chi connectivity index (χ4v) is 4.63. The van der Waals surface area contributed by atoms with E-state index in [0.717, 1.165) is 66.8 Å². The Morgan fingerprint density at radius 2 is 1.79 bits per heavy atom. The first-order valence-corrected chi connectivity index (χ1v) is 11.9. The Labute approximate surface area is 199 Å². The van der Waals surface area contributed by atoms with Crippen LogP contribution in [0.1, 0.15) is 35.2 Å². The highest BCUT2D eigenvalue weighted by Gasteiger charge is 2.19. The largest absolute Gasteiger partial charge is 0.494 e. The lowest BCUT2D eigenvalue weighted by Crippen LogP contribution is -2.33. The SMILES string of the molecule is NC(=O)c1ccc2nc(-c3ccc(OCCC4CCN(Cc5ccccc5)CC4)cc3)[nH]c2c1. The van der Waals surface area contributed by atoms with Crippen molar-refractivity contribution in [1.29, 1.82) is 0 Å². The Hall–Kier alpha value is -3.64. The van der Waals surface area contributed by atoms with Crippen LogP contribution in [0.3, 0.4) is 0 Å². The third kappa shape index (κ3) is 5.29. The number of carbonyl (C=O) groups excluding carboxylic acids is 1. The van der Waals surface area contributed by atoms with E-state index in [1.54, 1.807) is 18.2 Å². The molecule has 3 aromatic carbocycles. The molecule has 1 aliphatic rings. The molecule has 0 unspecified atom stereocenters. The highest BCUT2D eigenvalue weighted by molar-refractivity contribution is 5.96. The van der Waals surface area contributed by atoms with Gasteiger partial charge in [0.2, 0.25) is 5.91 Å². The molecular formula is C28H30N4O2. The number of hydrogen-bond donors (Lipinski definition) is 2. The number of carbonyl (C=O) groups is 1. The number of piperidine rings is 1. The number of nitrogens with one attached hydrogen (secondary N) is 1. The Bertz CT molecular complexity index is 1240. The van der Waals surface area contributed by atoms with Crippen LogP contribution in [0.2, 0.25) is 0 Å². The third-order valence-corrected chi connectivity index (χ3v) is 6.65. The molecule has 1 saturated heterocycles. The molecule has 0 aliphatic carbocycles. The number of fused-ring (bicyclic) bond motifs is 1. The van der Waals surface area contributed by atoms with Crippen LogP contribution in [-0.2, 0) is 6.54 Å². The molecule has 4 aromatic rings. The van der Waals surface area contributed by atoms with Gasteiger partial charge in [-0.3, -0.25) is 9.69 Å². The molecule has 0 radical (unpaired) electrons. The lowest BCUT2D eigenvalue weighted by atomic mass is 9.93. The summed E-state index contributed by atoms with van der Waals surface area (Å²) in [6.45, 7) is 4.11. The van der Waals surface area contributed by atoms with Crippen molar-refractivity contribution < 1.29 is 9.53 Å². The molecule has 0 bridgehead atoms. The Kier molecular flexibility index (Phi) is 6.58. The number of primary amides is 1. The van der Waals surface area contributed by atoms with Crippen molar-refractivity contribution in [3.63, 3.8) is 0 Å². The van der Waals surface area contributed by atoms with E-state index in [9.17, 15) is 4.79 Å². The van der Waals surface area contributed by atoms with Gasteiger partial charge in [-0.25, -0.2) is 4.98 Å². The van der Waals surface area contributed by atoms with Crippen LogP contribution >= 0.6 is 0 Å². The second kappa shape index (κ2) is 10.1. The molecule has 174 valence electrons. The number of nitrogens with two attached hydrogens (primary N) is 1. The maximum Gasteiger partial charge on any atom is 0.248 e. The average Bonchev–Trinajstić information content (AvgIpc) is 3.30. The van der Waals surface area contributed by atoms with Crippen molar-refractivity contribution in [2.45, 2.75) is 25.8 Å². The van der Waals surface area contributed by atoms with Gasteiger partial charge in [-0.05, 0) is 86.3 Å². The molecule has 3 N–H and O–H groups in total. The maximum atomic E-state index is 11.4. The van der Waals surface area contributed by atoms with Crippen molar-refractivity contribution in [3.05, 3.63) is 83.9 Å². The van der Waals surface area contributed by atoms with E-state index < -0.39 is 5.91 Å². The molecule has 34 heavy (non-hydrogen) atoms. The van der Waals surface area contributed by atoms with Crippen LogP contribution in [0.15, 0.2) is 72.8 Å². The molecule has 2 heterocycles. The van der Waals surface area contributed by atoms with Gasteiger partial charge in [0.15, 0.2) is 0 Å². The van der Waals surface area contributed by atoms with Gasteiger partial charge in [0.1, 0.15) is 11.6 Å². The van der Waals surface area contributed by atoms with Crippen LogP contribution in [-0.4, -0.2) is 40.5 Å². The van der Waals surface area contributed by atoms with Crippen molar-refractivity contribution >= 4 is 16.9 Å². The molecule has 5 rings (SSSR count). The van der Waals surface area contributed by atoms with Crippen molar-refractivity contribution in [2.75, 3.05) is 19.7 Å². The fourth-order valence-electron chi connectivity index (χ4n) is 4.63. The second-order valence-corrected chi connectivity index (χ2v) is 9.05. The number of aromatic nitrogens is 2. The zero-order chi connectivity index (χ0) is 23.3. The Morgan fingerprint density at radius 1 is 1.03 bits per heavy atom. The molecule has 6 nitrogen and oxygen atoms in total. The number of rotatable bonds is 8. The third-order valence-electron chi connectivity index (χ3n) is 6.65. The normalized spacial score (nSPS) is 14.9. The molecule has 1 amide bonds. The first kappa shape index (κ1) is 22.2. The first-order valence-electron chi connectivity index (χ1n) is 11.9. The number of imidazole rings is 1. The second-order valence-electron chi connectivity index (χ2n) is 9.05. The minimum atomic E-state index is -0.447. The van der Waals surface area contributed by atoms with E-state index in [-0.39, 0.29) is 0 Å². The van der Waals surface area contributed by atoms with Crippen LogP contribution in [0.25, 0.3) is 22.4 Å². The summed E-state index contributed by atoms with van der Waals surface area (Å²) in [6.07, 6.45) is 3.56. The van der Waals surface area contributed by atoms with Crippen molar-refractivity contribution in [1.82, 2.24) is 14.9 Å². The predicted octanol–water partition coefficient (Wildman–Crippen LogP) is 5.01. The van der Waals surface area contributed by atoms with E-state index in [0.29, 0.717) is 5.56 Å². The summed E-state index contributed by atoms with van der Waals surface area (Å²) in [4.78, 5) is 21.8. The zero-order valence-corrected chi connectivity index (χ0v) is 19.2. The molecule has 6 heteroatoms. The molecule has 0 atom stereocenters. The van der Waals surface area contributed by atoms with Gasteiger partial charge >= 0.3 is 0 Å². The number of nitrogens with zero attached hydrogens (tertiary/aromatic N) is 2. The van der Waals surface area contributed by atoms with Gasteiger partial charge in [0, 0.05) is 17.7 Å². The van der Waals surface area contributed by atoms with Gasteiger partial charge in [-0.2, -0.15) is 0 Å². The van der Waals surface area contributed by atoms with Crippen LogP contribution in [0.5, 0.6) is 5.75 Å². The number of aromatic amines is 1. The molecular weight excluding hydrogens is 424 g/mol. The summed E-state index contributed by atoms with van der Waals surface area (Å²) in [5, 5.41) is 0. The lowest BCUT2D eigenvalue weighted by molar-refractivity contribution is 0.100. The van der Waals surface area contributed by atoms with Gasteiger partial charge in [0.05, 0.1) is 17.6 Å². The summed E-state index contributed by atoms with van der Waals surface area (Å²) in [5.74, 6) is 1.91. The van der Waals surface area contributed by atoms with E-state index >= 15 is 0 Å². The smallest absolute Gasteiger partial charge is 0.248 e. The zero-order valence-electron chi connectivity index (χ0n) is 19.2. The lowest BCUT2D eigenvalue weighted by Gasteiger charge is -2.32. The molecule has 1 aliphatic heterocycles. The molecule has 0 saturated carbocycles. The average molecular weight is 455 g/mol. The highest BCUT2D eigenvalue weighted by atomic mass is 16.5. The van der Waals surface area contributed by atoms with E-state index in [1.165, 1.54) is 18.4 Å². The Morgan fingerprint density at radius 3 is 2.53 bits per heavy atom. The van der Waals surface area contributed by atoms with Crippen molar-refractivity contribution in [2.24, 2.45) is 11.7 Å². The molecule has 1 aromatic heterocycles. The summed E-state index contributed by atoms with van der Waals surface area (Å²) >= 11 is 0. The molecule has 0 spiro atoms. The summed E-state index contributed by atoms with van der Waals surface area (Å²) in [7, 11) is 0. The van der Waals surface area contributed by atoms with Crippen LogP contribution < -0.4 is 10.5 Å². The number of hydrogen-bond acceptors (Lipinski definition) is 4. The highest BCUT2D eigenvalue weighted by Crippen LogP contribution is 2.25. The predicted molar refractivity (Wildman–Crippen MR) is 135 cm³/mol. The minimum absolute atomic E-state index is 0.447. The topological polar surface area (TPSA) is 84.2 Å². The van der Waals surface area contributed by atoms with E-state index in [1.807, 2.05) is 24.3 Å². The summed E-state index contributed by atoms with van der Waals surface area (Å²) < 4.78 is 6.03. The van der Waals surface area contributed by atoms with Crippen molar-refractivity contribution in [3.8, 4) is 17.1 Å². The minimum Gasteiger partial charge on any atom is -0.494 e. The first-order chi connectivity index (χ1) is 16.6. The Balaban J connectivity index is 1.09. The number of amides is 1. The van der Waals surface area contributed by atoms with E-state index in [2.05, 4.69) is 45.2 Å². The number of H-pyrrole nitrogens is 1. The van der Waals surface area contributed by atoms with E-state index in [4.69, 9.17) is 10.5 Å². The number of ether oxygens (including phenoxy) is 1. The standard InChI is InChI=1S/C28H30N4O2/c29-27(33)23-8-11-25-26(18-23)31-28(30-25)22-6-9-24(10-7-22)34-17-14-20-12-15-32(16-13-20)19-21-4-2-1-3-5-21/h1-11,18,20H,12-17,19H2,(H2,29,33)(H,30,31). The monoisotopic (exact) mass is 454 g/mol. The van der Waals surface area contributed by atoms with Gasteiger partial charge in [0.25, 0.3) is 0 Å². The number of likely N-dealkylation sites (tertiary alicyclic amines) is 1. The van der Waals surface area contributed by atoms with Crippen LogP contribution in [0, 0.1) is 5.92 Å².